The predicted molar refractivity (Wildman–Crippen MR) is 269 cm³/mol. The van der Waals surface area contributed by atoms with Gasteiger partial charge in [-0.15, -0.1) is 0 Å². The summed E-state index contributed by atoms with van der Waals surface area (Å²) in [6, 6.07) is 94.7. The summed E-state index contributed by atoms with van der Waals surface area (Å²) < 4.78 is 0. The maximum atomic E-state index is 2.39. The molecule has 0 heterocycles. The van der Waals surface area contributed by atoms with Crippen molar-refractivity contribution in [3.63, 3.8) is 0 Å². The second-order valence-corrected chi connectivity index (χ2v) is 16.1. The van der Waals surface area contributed by atoms with E-state index < -0.39 is 0 Å². The van der Waals surface area contributed by atoms with Gasteiger partial charge >= 0.3 is 0 Å². The van der Waals surface area contributed by atoms with Crippen molar-refractivity contribution >= 4 is 38.6 Å². The summed E-state index contributed by atoms with van der Waals surface area (Å²) >= 11 is 0. The van der Waals surface area contributed by atoms with Crippen LogP contribution in [0.25, 0.3) is 88.3 Å². The second kappa shape index (κ2) is 16.7. The maximum Gasteiger partial charge on any atom is 0.0467 e. The van der Waals surface area contributed by atoms with Crippen LogP contribution in [-0.4, -0.2) is 0 Å². The van der Waals surface area contributed by atoms with Crippen LogP contribution in [0, 0.1) is 0 Å². The van der Waals surface area contributed by atoms with Gasteiger partial charge in [0.2, 0.25) is 0 Å². The Hall–Kier alpha value is -8.26. The summed E-state index contributed by atoms with van der Waals surface area (Å²) in [6.07, 6.45) is 0. The van der Waals surface area contributed by atoms with Gasteiger partial charge in [-0.25, -0.2) is 0 Å². The van der Waals surface area contributed by atoms with E-state index in [1.54, 1.807) is 0 Å². The number of hydrogen-bond acceptors (Lipinski definition) is 1. The second-order valence-electron chi connectivity index (χ2n) is 16.1. The molecule has 0 aliphatic rings. The Labute approximate surface area is 369 Å². The summed E-state index contributed by atoms with van der Waals surface area (Å²) in [7, 11) is 0. The quantitative estimate of drug-likeness (QED) is 0.141. The number of fused-ring (bicyclic) bond motifs is 2. The van der Waals surface area contributed by atoms with Gasteiger partial charge < -0.3 is 4.90 Å². The van der Waals surface area contributed by atoms with Crippen molar-refractivity contribution in [3.05, 3.63) is 261 Å². The van der Waals surface area contributed by atoms with Crippen LogP contribution < -0.4 is 4.90 Å². The molecule has 0 radical (unpaired) electrons. The first-order valence-electron chi connectivity index (χ1n) is 21.7. The molecule has 0 saturated heterocycles. The highest BCUT2D eigenvalue weighted by Crippen LogP contribution is 2.43. The fourth-order valence-corrected chi connectivity index (χ4v) is 9.13. The molecule has 63 heavy (non-hydrogen) atoms. The summed E-state index contributed by atoms with van der Waals surface area (Å²) in [4.78, 5) is 2.39. The van der Waals surface area contributed by atoms with Crippen LogP contribution >= 0.6 is 0 Å². The highest BCUT2D eigenvalue weighted by molar-refractivity contribution is 5.96. The van der Waals surface area contributed by atoms with Crippen LogP contribution in [0.2, 0.25) is 0 Å². The van der Waals surface area contributed by atoms with E-state index in [9.17, 15) is 0 Å². The summed E-state index contributed by atoms with van der Waals surface area (Å²) in [6.45, 7) is 0. The SMILES string of the molecule is c1ccc(-c2ccccc2-c2ccccc2-c2ccccc2-c2ccc(N(c3cccc(-c4ccc5ccccc5c4)c3)c3cccc(-c4ccc5ccccc5c4)c3)cc2)cc1. The first kappa shape index (κ1) is 37.7. The van der Waals surface area contributed by atoms with Gasteiger partial charge in [0.15, 0.2) is 0 Å². The summed E-state index contributed by atoms with van der Waals surface area (Å²) in [5, 5.41) is 4.96. The largest absolute Gasteiger partial charge is 0.310 e. The minimum atomic E-state index is 1.08. The Kier molecular flexibility index (Phi) is 9.97. The monoisotopic (exact) mass is 801 g/mol. The van der Waals surface area contributed by atoms with Gasteiger partial charge in [-0.1, -0.05) is 212 Å². The Balaban J connectivity index is 1.01. The Morgan fingerprint density at radius 1 is 0.175 bits per heavy atom. The molecule has 0 N–H and O–H groups in total. The molecule has 0 unspecified atom stereocenters. The van der Waals surface area contributed by atoms with Gasteiger partial charge in [-0.2, -0.15) is 0 Å². The van der Waals surface area contributed by atoms with E-state index >= 15 is 0 Å². The zero-order valence-electron chi connectivity index (χ0n) is 34.8. The molecule has 0 saturated carbocycles. The van der Waals surface area contributed by atoms with Gasteiger partial charge in [0.25, 0.3) is 0 Å². The van der Waals surface area contributed by atoms with E-state index in [1.165, 1.54) is 82.7 Å². The third-order valence-electron chi connectivity index (χ3n) is 12.3. The van der Waals surface area contributed by atoms with Crippen molar-refractivity contribution in [2.24, 2.45) is 0 Å². The molecule has 0 atom stereocenters. The molecule has 0 aromatic heterocycles. The molecule has 0 amide bonds. The molecule has 0 aliphatic heterocycles. The normalized spacial score (nSPS) is 11.2. The van der Waals surface area contributed by atoms with Gasteiger partial charge in [0.05, 0.1) is 0 Å². The first-order valence-corrected chi connectivity index (χ1v) is 21.7. The lowest BCUT2D eigenvalue weighted by molar-refractivity contribution is 1.28. The predicted octanol–water partition coefficient (Wildman–Crippen LogP) is 17.5. The van der Waals surface area contributed by atoms with E-state index in [1.807, 2.05) is 0 Å². The average Bonchev–Trinajstić information content (AvgIpc) is 3.37. The molecule has 11 rings (SSSR count). The van der Waals surface area contributed by atoms with Crippen LogP contribution in [0.15, 0.2) is 261 Å². The lowest BCUT2D eigenvalue weighted by atomic mass is 9.87. The molecule has 0 fully saturated rings. The molecule has 296 valence electrons. The third-order valence-corrected chi connectivity index (χ3v) is 12.3. The first-order chi connectivity index (χ1) is 31.2. The molecular formula is C62H43N. The van der Waals surface area contributed by atoms with Crippen LogP contribution in [-0.2, 0) is 0 Å². The fraction of sp³-hybridized carbons (Fsp3) is 0. The lowest BCUT2D eigenvalue weighted by Crippen LogP contribution is -2.10. The minimum absolute atomic E-state index is 1.08. The molecule has 0 aliphatic carbocycles. The lowest BCUT2D eigenvalue weighted by Gasteiger charge is -2.27. The van der Waals surface area contributed by atoms with Crippen molar-refractivity contribution in [1.29, 1.82) is 0 Å². The van der Waals surface area contributed by atoms with E-state index in [-0.39, 0.29) is 0 Å². The number of nitrogens with zero attached hydrogens (tertiary/aromatic N) is 1. The summed E-state index contributed by atoms with van der Waals surface area (Å²) in [5.41, 5.74) is 17.6. The smallest absolute Gasteiger partial charge is 0.0467 e. The van der Waals surface area contributed by atoms with E-state index in [4.69, 9.17) is 0 Å². The number of anilines is 3. The van der Waals surface area contributed by atoms with Crippen molar-refractivity contribution < 1.29 is 0 Å². The zero-order chi connectivity index (χ0) is 42.0. The molecule has 1 heteroatoms. The number of hydrogen-bond donors (Lipinski definition) is 0. The highest BCUT2D eigenvalue weighted by Gasteiger charge is 2.18. The van der Waals surface area contributed by atoms with Crippen molar-refractivity contribution in [2.45, 2.75) is 0 Å². The van der Waals surface area contributed by atoms with Crippen molar-refractivity contribution in [3.8, 4) is 66.8 Å². The summed E-state index contributed by atoms with van der Waals surface area (Å²) in [5.74, 6) is 0. The molecular weight excluding hydrogens is 759 g/mol. The topological polar surface area (TPSA) is 3.24 Å². The highest BCUT2D eigenvalue weighted by atomic mass is 15.1. The van der Waals surface area contributed by atoms with E-state index in [0.29, 0.717) is 0 Å². The average molecular weight is 802 g/mol. The minimum Gasteiger partial charge on any atom is -0.310 e. The van der Waals surface area contributed by atoms with Crippen LogP contribution in [0.1, 0.15) is 0 Å². The van der Waals surface area contributed by atoms with Crippen LogP contribution in [0.3, 0.4) is 0 Å². The molecule has 0 bridgehead atoms. The Bertz CT molecular complexity index is 3280. The van der Waals surface area contributed by atoms with Gasteiger partial charge in [-0.3, -0.25) is 0 Å². The van der Waals surface area contributed by atoms with Crippen molar-refractivity contribution in [1.82, 2.24) is 0 Å². The van der Waals surface area contributed by atoms with Crippen LogP contribution in [0.4, 0.5) is 17.1 Å². The Morgan fingerprint density at radius 2 is 0.508 bits per heavy atom. The number of benzene rings is 11. The molecule has 0 spiro atoms. The van der Waals surface area contributed by atoms with Crippen LogP contribution in [0.5, 0.6) is 0 Å². The molecule has 1 nitrogen and oxygen atoms in total. The maximum absolute atomic E-state index is 2.39. The van der Waals surface area contributed by atoms with E-state index in [0.717, 1.165) is 22.6 Å². The fourth-order valence-electron chi connectivity index (χ4n) is 9.13. The molecule has 11 aromatic rings. The van der Waals surface area contributed by atoms with Gasteiger partial charge in [0.1, 0.15) is 0 Å². The van der Waals surface area contributed by atoms with Gasteiger partial charge in [-0.05, 0) is 137 Å². The standard InChI is InChI=1S/C62H43N/c1-2-18-46(19-3-1)57-26-8-10-28-59(57)61-30-12-13-31-62(61)60-29-11-9-27-58(60)47-36-38-54(39-37-47)63(55-24-14-22-50(42-55)52-34-32-44-16-4-6-20-48(44)40-52)56-25-15-23-51(43-56)53-35-33-45-17-5-7-21-49(45)41-53/h1-43H. The zero-order valence-corrected chi connectivity index (χ0v) is 34.8. The van der Waals surface area contributed by atoms with E-state index in [2.05, 4.69) is 266 Å². The van der Waals surface area contributed by atoms with Gasteiger partial charge in [0, 0.05) is 17.1 Å². The Morgan fingerprint density at radius 3 is 0.984 bits per heavy atom. The molecule has 11 aromatic carbocycles. The van der Waals surface area contributed by atoms with Crippen molar-refractivity contribution in [2.75, 3.05) is 4.90 Å². The number of rotatable bonds is 9. The third kappa shape index (κ3) is 7.47.